The average Bonchev–Trinajstić information content (AvgIpc) is 3.14. The first-order valence-electron chi connectivity index (χ1n) is 8.35. The molecule has 0 spiro atoms. The molecule has 0 radical (unpaired) electrons. The van der Waals surface area contributed by atoms with Crippen LogP contribution in [0, 0.1) is 0 Å². The van der Waals surface area contributed by atoms with Gasteiger partial charge in [-0.1, -0.05) is 12.1 Å². The second-order valence-corrected chi connectivity index (χ2v) is 7.00. The van der Waals surface area contributed by atoms with Crippen LogP contribution in [0.15, 0.2) is 58.7 Å². The van der Waals surface area contributed by atoms with Crippen molar-refractivity contribution >= 4 is 11.8 Å². The smallest absolute Gasteiger partial charge is 0.290 e. The van der Waals surface area contributed by atoms with Crippen LogP contribution in [-0.2, 0) is 25.1 Å². The lowest BCUT2D eigenvalue weighted by atomic mass is 10.2. The highest BCUT2D eigenvalue weighted by Crippen LogP contribution is 2.31. The Morgan fingerprint density at radius 3 is 2.88 bits per heavy atom. The molecular weight excluding hydrogens is 332 g/mol. The molecule has 0 aromatic carbocycles. The van der Waals surface area contributed by atoms with Crippen molar-refractivity contribution < 1.29 is 0 Å². The third kappa shape index (κ3) is 3.49. The molecular formula is C19H18N4OS. The molecule has 0 amide bonds. The zero-order valence-electron chi connectivity index (χ0n) is 13.8. The van der Waals surface area contributed by atoms with Crippen molar-refractivity contribution in [1.29, 1.82) is 0 Å². The molecule has 0 atom stereocenters. The Morgan fingerprint density at radius 1 is 1.12 bits per heavy atom. The van der Waals surface area contributed by atoms with Gasteiger partial charge in [-0.15, -0.1) is 11.8 Å². The molecule has 3 aromatic heterocycles. The van der Waals surface area contributed by atoms with Crippen LogP contribution in [0.5, 0.6) is 0 Å². The van der Waals surface area contributed by atoms with Crippen LogP contribution in [0.2, 0.25) is 0 Å². The van der Waals surface area contributed by atoms with Crippen molar-refractivity contribution in [3.05, 3.63) is 81.9 Å². The fraction of sp³-hybridized carbons (Fsp3) is 0.263. The molecule has 0 saturated carbocycles. The number of aromatic nitrogens is 4. The summed E-state index contributed by atoms with van der Waals surface area (Å²) in [7, 11) is 0. The summed E-state index contributed by atoms with van der Waals surface area (Å²) in [6, 6.07) is 9.74. The summed E-state index contributed by atoms with van der Waals surface area (Å²) in [5.41, 5.74) is 4.19. The van der Waals surface area contributed by atoms with Crippen molar-refractivity contribution in [2.75, 3.05) is 0 Å². The maximum Gasteiger partial charge on any atom is 0.349 e. The lowest BCUT2D eigenvalue weighted by molar-refractivity contribution is 0.656. The van der Waals surface area contributed by atoms with E-state index < -0.39 is 0 Å². The van der Waals surface area contributed by atoms with E-state index in [2.05, 4.69) is 15.0 Å². The minimum Gasteiger partial charge on any atom is -0.290 e. The normalized spacial score (nSPS) is 13.0. The van der Waals surface area contributed by atoms with Gasteiger partial charge < -0.3 is 0 Å². The Morgan fingerprint density at radius 2 is 2.08 bits per heavy atom. The van der Waals surface area contributed by atoms with Crippen LogP contribution >= 0.6 is 11.8 Å². The lowest BCUT2D eigenvalue weighted by Gasteiger charge is -2.14. The van der Waals surface area contributed by atoms with Crippen molar-refractivity contribution in [3.63, 3.8) is 0 Å². The molecule has 4 rings (SSSR count). The van der Waals surface area contributed by atoms with Gasteiger partial charge in [0.05, 0.1) is 12.2 Å². The Balaban J connectivity index is 1.63. The van der Waals surface area contributed by atoms with E-state index in [-0.39, 0.29) is 5.69 Å². The second kappa shape index (κ2) is 7.19. The number of fused-ring (bicyclic) bond motifs is 1. The quantitative estimate of drug-likeness (QED) is 0.523. The maximum atomic E-state index is 12.6. The van der Waals surface area contributed by atoms with Crippen molar-refractivity contribution in [3.8, 4) is 0 Å². The topological polar surface area (TPSA) is 60.7 Å². The third-order valence-corrected chi connectivity index (χ3v) is 5.43. The summed E-state index contributed by atoms with van der Waals surface area (Å²) in [6.07, 6.45) is 8.37. The van der Waals surface area contributed by atoms with E-state index in [1.807, 2.05) is 36.5 Å². The Kier molecular flexibility index (Phi) is 4.61. The number of nitrogens with zero attached hydrogens (tertiary/aromatic N) is 4. The molecule has 25 heavy (non-hydrogen) atoms. The molecule has 3 heterocycles. The van der Waals surface area contributed by atoms with Gasteiger partial charge in [0.1, 0.15) is 5.03 Å². The largest absolute Gasteiger partial charge is 0.349 e. The molecule has 0 bridgehead atoms. The first-order chi connectivity index (χ1) is 12.3. The predicted octanol–water partition coefficient (Wildman–Crippen LogP) is 2.86. The molecule has 5 nitrogen and oxygen atoms in total. The summed E-state index contributed by atoms with van der Waals surface area (Å²) in [6.45, 7) is 0.489. The number of hydrogen-bond acceptors (Lipinski definition) is 5. The first kappa shape index (κ1) is 16.0. The zero-order chi connectivity index (χ0) is 17.1. The molecule has 3 aromatic rings. The Labute approximate surface area is 150 Å². The van der Waals surface area contributed by atoms with Gasteiger partial charge in [-0.2, -0.15) is 4.98 Å². The van der Waals surface area contributed by atoms with E-state index in [1.165, 1.54) is 5.56 Å². The number of rotatable bonds is 5. The van der Waals surface area contributed by atoms with Gasteiger partial charge in [0.15, 0.2) is 0 Å². The molecule has 126 valence electrons. The third-order valence-electron chi connectivity index (χ3n) is 4.35. The highest BCUT2D eigenvalue weighted by molar-refractivity contribution is 7.98. The first-order valence-corrected chi connectivity index (χ1v) is 9.34. The highest BCUT2D eigenvalue weighted by atomic mass is 32.2. The van der Waals surface area contributed by atoms with Crippen LogP contribution in [0.1, 0.15) is 28.9 Å². The number of thioether (sulfide) groups is 1. The van der Waals surface area contributed by atoms with Crippen LogP contribution in [0.4, 0.5) is 0 Å². The Hall–Kier alpha value is -2.47. The van der Waals surface area contributed by atoms with E-state index in [4.69, 9.17) is 0 Å². The molecule has 0 saturated heterocycles. The predicted molar refractivity (Wildman–Crippen MR) is 97.7 cm³/mol. The fourth-order valence-corrected chi connectivity index (χ4v) is 4.17. The highest BCUT2D eigenvalue weighted by Gasteiger charge is 2.22. The molecule has 1 aliphatic rings. The van der Waals surface area contributed by atoms with E-state index in [1.54, 1.807) is 28.7 Å². The van der Waals surface area contributed by atoms with E-state index in [0.29, 0.717) is 6.54 Å². The zero-order valence-corrected chi connectivity index (χ0v) is 14.6. The van der Waals surface area contributed by atoms with Gasteiger partial charge in [0.2, 0.25) is 0 Å². The molecule has 0 aliphatic heterocycles. The molecule has 6 heteroatoms. The summed E-state index contributed by atoms with van der Waals surface area (Å²) in [5.74, 6) is 0.775. The van der Waals surface area contributed by atoms with Gasteiger partial charge in [-0.3, -0.25) is 14.5 Å². The monoisotopic (exact) mass is 350 g/mol. The minimum atomic E-state index is -0.181. The second-order valence-electron chi connectivity index (χ2n) is 6.04. The molecule has 0 fully saturated rings. The van der Waals surface area contributed by atoms with E-state index in [9.17, 15) is 4.79 Å². The van der Waals surface area contributed by atoms with Crippen LogP contribution in [0.25, 0.3) is 0 Å². The van der Waals surface area contributed by atoms with Crippen LogP contribution in [0.3, 0.4) is 0 Å². The average molecular weight is 350 g/mol. The van der Waals surface area contributed by atoms with Gasteiger partial charge in [-0.25, -0.2) is 4.79 Å². The van der Waals surface area contributed by atoms with Gasteiger partial charge >= 0.3 is 5.69 Å². The molecule has 0 N–H and O–H groups in total. The summed E-state index contributed by atoms with van der Waals surface area (Å²) >= 11 is 1.63. The van der Waals surface area contributed by atoms with Crippen molar-refractivity contribution in [2.24, 2.45) is 0 Å². The lowest BCUT2D eigenvalue weighted by Crippen LogP contribution is -2.28. The van der Waals surface area contributed by atoms with Gasteiger partial charge in [-0.05, 0) is 43.0 Å². The minimum absolute atomic E-state index is 0.181. The summed E-state index contributed by atoms with van der Waals surface area (Å²) in [4.78, 5) is 25.5. The Bertz CT molecular complexity index is 925. The fourth-order valence-electron chi connectivity index (χ4n) is 3.16. The van der Waals surface area contributed by atoms with E-state index >= 15 is 0 Å². The van der Waals surface area contributed by atoms with Gasteiger partial charge in [0.25, 0.3) is 0 Å². The van der Waals surface area contributed by atoms with Crippen LogP contribution < -0.4 is 5.69 Å². The van der Waals surface area contributed by atoms with Crippen molar-refractivity contribution in [2.45, 2.75) is 36.6 Å². The number of pyridine rings is 2. The SMILES string of the molecule is O=c1nc(SCc2cccnc2)c2c(n1Cc1ccccn1)CCC2. The van der Waals surface area contributed by atoms with Crippen LogP contribution in [-0.4, -0.2) is 19.5 Å². The number of hydrogen-bond donors (Lipinski definition) is 0. The maximum absolute atomic E-state index is 12.6. The molecule has 0 unspecified atom stereocenters. The van der Waals surface area contributed by atoms with Crippen molar-refractivity contribution in [1.82, 2.24) is 19.5 Å². The van der Waals surface area contributed by atoms with E-state index in [0.717, 1.165) is 47.0 Å². The summed E-state index contributed by atoms with van der Waals surface area (Å²) < 4.78 is 1.79. The standard InChI is InChI=1S/C19H18N4OS/c24-19-22-18(25-13-14-5-4-9-20-11-14)16-7-3-8-17(16)23(19)12-15-6-1-2-10-21-15/h1-2,4-6,9-11H,3,7-8,12-13H2. The summed E-state index contributed by atoms with van der Waals surface area (Å²) in [5, 5.41) is 0.874. The molecule has 1 aliphatic carbocycles. The van der Waals surface area contributed by atoms with Gasteiger partial charge in [0, 0.05) is 35.6 Å².